The van der Waals surface area contributed by atoms with Gasteiger partial charge in [0.05, 0.1) is 4.90 Å². The van der Waals surface area contributed by atoms with Crippen LogP contribution in [0.3, 0.4) is 0 Å². The standard InChI is InChI=1S/C15H19N3O2S/c1-12-10-14(11-16)2-3-15(12)21(19,20)18-9-6-13-4-7-17-8-5-13/h2-5,7-8,10,18H,6,9,11,16H2,1H3. The Labute approximate surface area is 125 Å². The van der Waals surface area contributed by atoms with E-state index < -0.39 is 10.0 Å². The van der Waals surface area contributed by atoms with Gasteiger partial charge in [0.2, 0.25) is 10.0 Å². The molecule has 21 heavy (non-hydrogen) atoms. The molecule has 2 aromatic rings. The number of aromatic nitrogens is 1. The van der Waals surface area contributed by atoms with Crippen molar-refractivity contribution in [2.45, 2.75) is 24.8 Å². The first kappa shape index (κ1) is 15.6. The van der Waals surface area contributed by atoms with E-state index in [2.05, 4.69) is 9.71 Å². The number of rotatable bonds is 6. The van der Waals surface area contributed by atoms with Crippen molar-refractivity contribution in [3.8, 4) is 0 Å². The van der Waals surface area contributed by atoms with E-state index in [-0.39, 0.29) is 0 Å². The highest BCUT2D eigenvalue weighted by Crippen LogP contribution is 2.16. The Morgan fingerprint density at radius 1 is 1.14 bits per heavy atom. The van der Waals surface area contributed by atoms with Crippen molar-refractivity contribution in [1.82, 2.24) is 9.71 Å². The topological polar surface area (TPSA) is 85.1 Å². The molecule has 1 heterocycles. The molecule has 5 nitrogen and oxygen atoms in total. The number of pyridine rings is 1. The Kier molecular flexibility index (Phi) is 5.06. The summed E-state index contributed by atoms with van der Waals surface area (Å²) in [6, 6.07) is 8.89. The summed E-state index contributed by atoms with van der Waals surface area (Å²) in [5, 5.41) is 0. The first-order chi connectivity index (χ1) is 10.0. The molecule has 0 spiro atoms. The van der Waals surface area contributed by atoms with E-state index in [4.69, 9.17) is 5.73 Å². The minimum Gasteiger partial charge on any atom is -0.326 e. The van der Waals surface area contributed by atoms with Crippen LogP contribution in [0.4, 0.5) is 0 Å². The van der Waals surface area contributed by atoms with Gasteiger partial charge < -0.3 is 5.73 Å². The molecule has 0 saturated heterocycles. The molecule has 6 heteroatoms. The maximum Gasteiger partial charge on any atom is 0.240 e. The van der Waals surface area contributed by atoms with Crippen LogP contribution in [0.5, 0.6) is 0 Å². The van der Waals surface area contributed by atoms with E-state index >= 15 is 0 Å². The number of nitrogens with two attached hydrogens (primary N) is 1. The minimum absolute atomic E-state index is 0.300. The van der Waals surface area contributed by atoms with Crippen molar-refractivity contribution in [3.05, 3.63) is 59.4 Å². The van der Waals surface area contributed by atoms with E-state index in [9.17, 15) is 8.42 Å². The average Bonchev–Trinajstić information content (AvgIpc) is 2.47. The lowest BCUT2D eigenvalue weighted by Crippen LogP contribution is -2.26. The summed E-state index contributed by atoms with van der Waals surface area (Å²) in [7, 11) is -3.49. The summed E-state index contributed by atoms with van der Waals surface area (Å²) in [6.07, 6.45) is 4.01. The third kappa shape index (κ3) is 4.10. The number of nitrogens with one attached hydrogen (secondary N) is 1. The van der Waals surface area contributed by atoms with Gasteiger partial charge in [-0.15, -0.1) is 0 Å². The largest absolute Gasteiger partial charge is 0.326 e. The van der Waals surface area contributed by atoms with Crippen LogP contribution >= 0.6 is 0 Å². The lowest BCUT2D eigenvalue weighted by atomic mass is 10.1. The molecule has 1 aromatic carbocycles. The third-order valence-corrected chi connectivity index (χ3v) is 4.84. The summed E-state index contributed by atoms with van der Waals surface area (Å²) >= 11 is 0. The van der Waals surface area contributed by atoms with Crippen molar-refractivity contribution in [2.75, 3.05) is 6.54 Å². The van der Waals surface area contributed by atoms with Crippen LogP contribution in [0.15, 0.2) is 47.6 Å². The molecular weight excluding hydrogens is 286 g/mol. The number of benzene rings is 1. The lowest BCUT2D eigenvalue weighted by molar-refractivity contribution is 0.581. The van der Waals surface area contributed by atoms with Crippen molar-refractivity contribution in [2.24, 2.45) is 5.73 Å². The van der Waals surface area contributed by atoms with Crippen molar-refractivity contribution < 1.29 is 8.42 Å². The van der Waals surface area contributed by atoms with Gasteiger partial charge in [-0.25, -0.2) is 13.1 Å². The molecule has 0 aliphatic carbocycles. The van der Waals surface area contributed by atoms with E-state index in [1.807, 2.05) is 12.1 Å². The van der Waals surface area contributed by atoms with Crippen LogP contribution in [0.2, 0.25) is 0 Å². The van der Waals surface area contributed by atoms with Crippen molar-refractivity contribution in [3.63, 3.8) is 0 Å². The monoisotopic (exact) mass is 305 g/mol. The van der Waals surface area contributed by atoms with E-state index in [1.165, 1.54) is 0 Å². The van der Waals surface area contributed by atoms with Gasteiger partial charge in [-0.05, 0) is 48.2 Å². The van der Waals surface area contributed by atoms with E-state index in [1.54, 1.807) is 37.5 Å². The second kappa shape index (κ2) is 6.80. The molecule has 0 aliphatic heterocycles. The van der Waals surface area contributed by atoms with E-state index in [0.717, 1.165) is 11.1 Å². The fourth-order valence-electron chi connectivity index (χ4n) is 2.10. The molecule has 0 saturated carbocycles. The predicted octanol–water partition coefficient (Wildman–Crippen LogP) is 1.37. The van der Waals surface area contributed by atoms with Gasteiger partial charge in [-0.1, -0.05) is 12.1 Å². The molecular formula is C15H19N3O2S. The van der Waals surface area contributed by atoms with Gasteiger partial charge in [0, 0.05) is 25.5 Å². The molecule has 0 bridgehead atoms. The van der Waals surface area contributed by atoms with Gasteiger partial charge in [-0.2, -0.15) is 0 Å². The third-order valence-electron chi connectivity index (χ3n) is 3.22. The fraction of sp³-hybridized carbons (Fsp3) is 0.267. The lowest BCUT2D eigenvalue weighted by Gasteiger charge is -2.10. The zero-order valence-electron chi connectivity index (χ0n) is 11.9. The van der Waals surface area contributed by atoms with Gasteiger partial charge in [0.15, 0.2) is 0 Å². The molecule has 0 fully saturated rings. The molecule has 0 amide bonds. The van der Waals surface area contributed by atoms with Crippen LogP contribution in [-0.4, -0.2) is 19.9 Å². The van der Waals surface area contributed by atoms with E-state index in [0.29, 0.717) is 30.0 Å². The number of hydrogen-bond acceptors (Lipinski definition) is 4. The Morgan fingerprint density at radius 2 is 1.86 bits per heavy atom. The van der Waals surface area contributed by atoms with Crippen molar-refractivity contribution in [1.29, 1.82) is 0 Å². The minimum atomic E-state index is -3.49. The highest BCUT2D eigenvalue weighted by Gasteiger charge is 2.16. The van der Waals surface area contributed by atoms with Crippen LogP contribution in [0, 0.1) is 6.92 Å². The maximum absolute atomic E-state index is 12.3. The summed E-state index contributed by atoms with van der Waals surface area (Å²) in [6.45, 7) is 2.53. The second-order valence-electron chi connectivity index (χ2n) is 4.81. The quantitative estimate of drug-likeness (QED) is 0.844. The smallest absolute Gasteiger partial charge is 0.240 e. The number of nitrogens with zero attached hydrogens (tertiary/aromatic N) is 1. The molecule has 2 rings (SSSR count). The molecule has 0 unspecified atom stereocenters. The molecule has 0 radical (unpaired) electrons. The number of hydrogen-bond donors (Lipinski definition) is 2. The molecule has 112 valence electrons. The molecule has 0 aliphatic rings. The zero-order valence-corrected chi connectivity index (χ0v) is 12.7. The predicted molar refractivity (Wildman–Crippen MR) is 82.2 cm³/mol. The van der Waals surface area contributed by atoms with Gasteiger partial charge in [0.25, 0.3) is 0 Å². The molecule has 0 atom stereocenters. The Hall–Kier alpha value is -1.76. The van der Waals surface area contributed by atoms with Crippen LogP contribution in [-0.2, 0) is 23.0 Å². The molecule has 1 aromatic heterocycles. The first-order valence-corrected chi connectivity index (χ1v) is 8.19. The summed E-state index contributed by atoms with van der Waals surface area (Å²) < 4.78 is 27.2. The molecule has 3 N–H and O–H groups in total. The number of sulfonamides is 1. The van der Waals surface area contributed by atoms with Crippen LogP contribution in [0.1, 0.15) is 16.7 Å². The average molecular weight is 305 g/mol. The Balaban J connectivity index is 2.05. The number of aryl methyl sites for hydroxylation is 1. The maximum atomic E-state index is 12.3. The summed E-state index contributed by atoms with van der Waals surface area (Å²) in [4.78, 5) is 4.23. The zero-order chi connectivity index (χ0) is 15.3. The summed E-state index contributed by atoms with van der Waals surface area (Å²) in [5.41, 5.74) is 8.22. The Bertz CT molecular complexity index is 700. The highest BCUT2D eigenvalue weighted by molar-refractivity contribution is 7.89. The summed E-state index contributed by atoms with van der Waals surface area (Å²) in [5.74, 6) is 0. The van der Waals surface area contributed by atoms with Crippen LogP contribution in [0.25, 0.3) is 0 Å². The Morgan fingerprint density at radius 3 is 2.48 bits per heavy atom. The van der Waals surface area contributed by atoms with Gasteiger partial charge in [-0.3, -0.25) is 4.98 Å². The fourth-order valence-corrected chi connectivity index (χ4v) is 3.35. The van der Waals surface area contributed by atoms with Gasteiger partial charge >= 0.3 is 0 Å². The van der Waals surface area contributed by atoms with Gasteiger partial charge in [0.1, 0.15) is 0 Å². The second-order valence-corrected chi connectivity index (χ2v) is 6.54. The highest BCUT2D eigenvalue weighted by atomic mass is 32.2. The SMILES string of the molecule is Cc1cc(CN)ccc1S(=O)(=O)NCCc1ccncc1. The normalized spacial score (nSPS) is 11.5. The first-order valence-electron chi connectivity index (χ1n) is 6.71. The van der Waals surface area contributed by atoms with Crippen LogP contribution < -0.4 is 10.5 Å². The van der Waals surface area contributed by atoms with Crippen molar-refractivity contribution >= 4 is 10.0 Å².